The largest absolute Gasteiger partial charge is 0.351 e. The van der Waals surface area contributed by atoms with Crippen LogP contribution in [0.1, 0.15) is 18.2 Å². The van der Waals surface area contributed by atoms with Crippen molar-refractivity contribution in [2.75, 3.05) is 0 Å². The Kier molecular flexibility index (Phi) is 3.24. The molecule has 1 amide bonds. The molecule has 14 heavy (non-hydrogen) atoms. The van der Waals surface area contributed by atoms with Gasteiger partial charge >= 0.3 is 0 Å². The van der Waals surface area contributed by atoms with E-state index in [0.717, 1.165) is 11.3 Å². The lowest BCUT2D eigenvalue weighted by Crippen LogP contribution is -2.37. The van der Waals surface area contributed by atoms with Gasteiger partial charge in [0.25, 0.3) is 0 Å². The van der Waals surface area contributed by atoms with Crippen LogP contribution in [0.4, 0.5) is 0 Å². The Morgan fingerprint density at radius 2 is 2.43 bits per heavy atom. The molecule has 0 aliphatic rings. The number of aryl methyl sites for hydroxylation is 2. The molecule has 0 aliphatic carbocycles. The molecule has 0 spiro atoms. The lowest BCUT2D eigenvalue weighted by Gasteiger charge is -2.06. The molecule has 1 aromatic heterocycles. The van der Waals surface area contributed by atoms with Crippen molar-refractivity contribution in [3.8, 4) is 0 Å². The average Bonchev–Trinajstić information content (AvgIpc) is 2.40. The van der Waals surface area contributed by atoms with E-state index in [1.54, 1.807) is 11.6 Å². The average molecular weight is 196 g/mol. The van der Waals surface area contributed by atoms with Crippen molar-refractivity contribution in [2.45, 2.75) is 26.4 Å². The van der Waals surface area contributed by atoms with E-state index in [2.05, 4.69) is 10.4 Å². The highest BCUT2D eigenvalue weighted by atomic mass is 16.2. The molecular weight excluding hydrogens is 180 g/mol. The molecule has 5 nitrogen and oxygen atoms in total. The number of nitrogens with zero attached hydrogens (tertiary/aromatic N) is 2. The van der Waals surface area contributed by atoms with Crippen molar-refractivity contribution >= 4 is 5.91 Å². The zero-order valence-corrected chi connectivity index (χ0v) is 8.74. The van der Waals surface area contributed by atoms with Gasteiger partial charge in [0.2, 0.25) is 5.91 Å². The van der Waals surface area contributed by atoms with Crippen LogP contribution >= 0.6 is 0 Å². The van der Waals surface area contributed by atoms with Crippen molar-refractivity contribution in [3.63, 3.8) is 0 Å². The summed E-state index contributed by atoms with van der Waals surface area (Å²) in [4.78, 5) is 11.2. The standard InChI is InChI=1S/C9H16N4O/c1-6(10)9(14)11-4-8-5-13(3)12-7(8)2/h5-6H,4,10H2,1-3H3,(H,11,14). The van der Waals surface area contributed by atoms with Gasteiger partial charge in [0, 0.05) is 25.4 Å². The van der Waals surface area contributed by atoms with E-state index < -0.39 is 6.04 Å². The molecule has 0 radical (unpaired) electrons. The van der Waals surface area contributed by atoms with Crippen LogP contribution in [0.3, 0.4) is 0 Å². The molecule has 0 aliphatic heterocycles. The topological polar surface area (TPSA) is 72.9 Å². The van der Waals surface area contributed by atoms with Crippen LogP contribution in [-0.2, 0) is 18.4 Å². The van der Waals surface area contributed by atoms with Gasteiger partial charge in [-0.3, -0.25) is 9.48 Å². The van der Waals surface area contributed by atoms with E-state index in [1.165, 1.54) is 0 Å². The number of nitrogens with one attached hydrogen (secondary N) is 1. The van der Waals surface area contributed by atoms with Crippen molar-refractivity contribution < 1.29 is 4.79 Å². The molecule has 1 heterocycles. The lowest BCUT2D eigenvalue weighted by atomic mass is 10.2. The van der Waals surface area contributed by atoms with E-state index in [-0.39, 0.29) is 5.91 Å². The molecule has 0 saturated carbocycles. The molecule has 0 bridgehead atoms. The Bertz CT molecular complexity index is 330. The Labute approximate surface area is 83.3 Å². The summed E-state index contributed by atoms with van der Waals surface area (Å²) in [5.74, 6) is -0.145. The van der Waals surface area contributed by atoms with Gasteiger partial charge < -0.3 is 11.1 Å². The first-order valence-electron chi connectivity index (χ1n) is 4.53. The summed E-state index contributed by atoms with van der Waals surface area (Å²) in [6.07, 6.45) is 1.89. The quantitative estimate of drug-likeness (QED) is 0.696. The molecule has 0 saturated heterocycles. The minimum absolute atomic E-state index is 0.145. The number of carbonyl (C=O) groups excluding carboxylic acids is 1. The summed E-state index contributed by atoms with van der Waals surface area (Å²) in [6.45, 7) is 4.05. The predicted octanol–water partition coefficient (Wildman–Crippen LogP) is -0.308. The summed E-state index contributed by atoms with van der Waals surface area (Å²) in [6, 6.07) is -0.466. The van der Waals surface area contributed by atoms with Crippen LogP contribution in [-0.4, -0.2) is 21.7 Å². The highest BCUT2D eigenvalue weighted by molar-refractivity contribution is 5.80. The van der Waals surface area contributed by atoms with Gasteiger partial charge in [-0.2, -0.15) is 5.10 Å². The van der Waals surface area contributed by atoms with Crippen LogP contribution in [0, 0.1) is 6.92 Å². The van der Waals surface area contributed by atoms with Gasteiger partial charge in [0.05, 0.1) is 11.7 Å². The molecule has 1 unspecified atom stereocenters. The fourth-order valence-electron chi connectivity index (χ4n) is 1.17. The summed E-state index contributed by atoms with van der Waals surface area (Å²) in [5, 5.41) is 6.90. The summed E-state index contributed by atoms with van der Waals surface area (Å²) >= 11 is 0. The maximum Gasteiger partial charge on any atom is 0.236 e. The third kappa shape index (κ3) is 2.56. The summed E-state index contributed by atoms with van der Waals surface area (Å²) < 4.78 is 1.72. The second-order valence-corrected chi connectivity index (χ2v) is 3.42. The highest BCUT2D eigenvalue weighted by Gasteiger charge is 2.08. The fraction of sp³-hybridized carbons (Fsp3) is 0.556. The van der Waals surface area contributed by atoms with Gasteiger partial charge in [-0.05, 0) is 13.8 Å². The van der Waals surface area contributed by atoms with Crippen LogP contribution in [0.15, 0.2) is 6.20 Å². The van der Waals surface area contributed by atoms with Gasteiger partial charge in [0.15, 0.2) is 0 Å². The van der Waals surface area contributed by atoms with E-state index in [9.17, 15) is 4.79 Å². The minimum Gasteiger partial charge on any atom is -0.351 e. The SMILES string of the molecule is Cc1nn(C)cc1CNC(=O)C(C)N. The third-order valence-electron chi connectivity index (χ3n) is 1.98. The second-order valence-electron chi connectivity index (χ2n) is 3.42. The van der Waals surface area contributed by atoms with E-state index in [1.807, 2.05) is 20.2 Å². The van der Waals surface area contributed by atoms with Crippen molar-refractivity contribution in [1.29, 1.82) is 0 Å². The van der Waals surface area contributed by atoms with Crippen molar-refractivity contribution in [3.05, 3.63) is 17.5 Å². The maximum absolute atomic E-state index is 11.2. The van der Waals surface area contributed by atoms with Crippen molar-refractivity contribution in [1.82, 2.24) is 15.1 Å². The number of nitrogens with two attached hydrogens (primary N) is 1. The number of rotatable bonds is 3. The number of hydrogen-bond acceptors (Lipinski definition) is 3. The van der Waals surface area contributed by atoms with Crippen LogP contribution in [0.2, 0.25) is 0 Å². The minimum atomic E-state index is -0.466. The predicted molar refractivity (Wildman–Crippen MR) is 53.4 cm³/mol. The Hall–Kier alpha value is -1.36. The first-order chi connectivity index (χ1) is 6.50. The third-order valence-corrected chi connectivity index (χ3v) is 1.98. The smallest absolute Gasteiger partial charge is 0.236 e. The number of hydrogen-bond donors (Lipinski definition) is 2. The molecule has 3 N–H and O–H groups in total. The van der Waals surface area contributed by atoms with E-state index in [4.69, 9.17) is 5.73 Å². The monoisotopic (exact) mass is 196 g/mol. The molecule has 1 atom stereocenters. The van der Waals surface area contributed by atoms with Crippen LogP contribution in [0.25, 0.3) is 0 Å². The van der Waals surface area contributed by atoms with Gasteiger partial charge in [0.1, 0.15) is 0 Å². The Morgan fingerprint density at radius 1 is 1.79 bits per heavy atom. The molecule has 1 aromatic rings. The van der Waals surface area contributed by atoms with Crippen molar-refractivity contribution in [2.24, 2.45) is 12.8 Å². The maximum atomic E-state index is 11.2. The van der Waals surface area contributed by atoms with E-state index in [0.29, 0.717) is 6.54 Å². The van der Waals surface area contributed by atoms with Gasteiger partial charge in [-0.25, -0.2) is 0 Å². The first kappa shape index (κ1) is 10.7. The first-order valence-corrected chi connectivity index (χ1v) is 4.53. The zero-order valence-electron chi connectivity index (χ0n) is 8.74. The second kappa shape index (κ2) is 4.23. The summed E-state index contributed by atoms with van der Waals surface area (Å²) in [7, 11) is 1.85. The molecule has 0 fully saturated rings. The zero-order chi connectivity index (χ0) is 10.7. The van der Waals surface area contributed by atoms with E-state index >= 15 is 0 Å². The molecule has 5 heteroatoms. The van der Waals surface area contributed by atoms with Crippen LogP contribution in [0.5, 0.6) is 0 Å². The van der Waals surface area contributed by atoms with Crippen LogP contribution < -0.4 is 11.1 Å². The Morgan fingerprint density at radius 3 is 2.86 bits per heavy atom. The molecule has 1 rings (SSSR count). The molecule has 0 aromatic carbocycles. The fourth-order valence-corrected chi connectivity index (χ4v) is 1.17. The van der Waals surface area contributed by atoms with Gasteiger partial charge in [-0.15, -0.1) is 0 Å². The lowest BCUT2D eigenvalue weighted by molar-refractivity contribution is -0.122. The number of aromatic nitrogens is 2. The highest BCUT2D eigenvalue weighted by Crippen LogP contribution is 2.03. The molecular formula is C9H16N4O. The number of carbonyl (C=O) groups is 1. The normalized spacial score (nSPS) is 12.6. The number of amides is 1. The Balaban J connectivity index is 2.54. The molecule has 78 valence electrons. The van der Waals surface area contributed by atoms with Gasteiger partial charge in [-0.1, -0.05) is 0 Å². The summed E-state index contributed by atoms with van der Waals surface area (Å²) in [5.41, 5.74) is 7.35.